The average molecular weight is 506 g/mol. The lowest BCUT2D eigenvalue weighted by molar-refractivity contribution is -0.137. The topological polar surface area (TPSA) is 100 Å². The van der Waals surface area contributed by atoms with Crippen LogP contribution in [0.15, 0.2) is 30.6 Å². The van der Waals surface area contributed by atoms with E-state index < -0.39 is 17.3 Å². The molecular weight excluding hydrogens is 475 g/mol. The van der Waals surface area contributed by atoms with Crippen molar-refractivity contribution >= 4 is 22.6 Å². The number of rotatable bonds is 6. The Bertz CT molecular complexity index is 1250. The first-order valence-electron chi connectivity index (χ1n) is 12.0. The van der Waals surface area contributed by atoms with Gasteiger partial charge in [-0.25, -0.2) is 4.98 Å². The van der Waals surface area contributed by atoms with Gasteiger partial charge < -0.3 is 20.3 Å². The van der Waals surface area contributed by atoms with Gasteiger partial charge in [-0.3, -0.25) is 14.4 Å². The molecule has 2 fully saturated rings. The first-order valence-corrected chi connectivity index (χ1v) is 12.0. The van der Waals surface area contributed by atoms with Gasteiger partial charge in [-0.1, -0.05) is 0 Å². The summed E-state index contributed by atoms with van der Waals surface area (Å²) < 4.78 is 42.7. The SMILES string of the molecule is Cn1ccnc1C1(O)CCC(N2CC(NC(=O)CNc3nn(C)c4ccc(C(F)(F)F)cc34)C2)CC1. The third kappa shape index (κ3) is 4.66. The van der Waals surface area contributed by atoms with E-state index in [4.69, 9.17) is 0 Å². The largest absolute Gasteiger partial charge is 0.416 e. The number of alkyl halides is 3. The van der Waals surface area contributed by atoms with Crippen LogP contribution >= 0.6 is 0 Å². The molecule has 1 aliphatic heterocycles. The molecule has 5 rings (SSSR count). The van der Waals surface area contributed by atoms with Crippen molar-refractivity contribution in [3.8, 4) is 0 Å². The number of halogens is 3. The number of amides is 1. The van der Waals surface area contributed by atoms with Crippen molar-refractivity contribution in [2.45, 2.75) is 49.5 Å². The molecule has 3 N–H and O–H groups in total. The summed E-state index contributed by atoms with van der Waals surface area (Å²) in [7, 11) is 3.53. The Kier molecular flexibility index (Phi) is 6.19. The molecule has 0 radical (unpaired) electrons. The third-order valence-corrected chi connectivity index (χ3v) is 7.41. The molecule has 0 spiro atoms. The zero-order chi connectivity index (χ0) is 25.7. The van der Waals surface area contributed by atoms with Crippen LogP contribution < -0.4 is 10.6 Å². The molecule has 36 heavy (non-hydrogen) atoms. The maximum Gasteiger partial charge on any atom is 0.416 e. The van der Waals surface area contributed by atoms with Crippen LogP contribution in [0.4, 0.5) is 19.0 Å². The summed E-state index contributed by atoms with van der Waals surface area (Å²) in [5, 5.41) is 21.4. The lowest BCUT2D eigenvalue weighted by atomic mass is 9.80. The zero-order valence-corrected chi connectivity index (χ0v) is 20.2. The summed E-state index contributed by atoms with van der Waals surface area (Å²) in [5.41, 5.74) is -1.11. The predicted molar refractivity (Wildman–Crippen MR) is 127 cm³/mol. The Morgan fingerprint density at radius 3 is 2.58 bits per heavy atom. The van der Waals surface area contributed by atoms with Gasteiger partial charge in [0.25, 0.3) is 0 Å². The standard InChI is InChI=1S/C24H30F3N7O2/c1-32-10-9-28-22(32)23(36)7-5-17(6-8-23)34-13-16(14-34)30-20(35)12-29-21-18-11-15(24(25,26)27)3-4-19(18)33(2)31-21/h3-4,9-11,16-17,36H,5-8,12-14H2,1-2H3,(H,29,31)(H,30,35). The molecule has 0 bridgehead atoms. The van der Waals surface area contributed by atoms with E-state index in [2.05, 4.69) is 25.6 Å². The Morgan fingerprint density at radius 1 is 1.22 bits per heavy atom. The number of aliphatic hydroxyl groups is 1. The first kappa shape index (κ1) is 24.6. The van der Waals surface area contributed by atoms with E-state index in [1.807, 2.05) is 17.8 Å². The maximum absolute atomic E-state index is 13.1. The molecule has 12 heteroatoms. The van der Waals surface area contributed by atoms with Gasteiger partial charge in [0.2, 0.25) is 5.91 Å². The molecule has 1 aliphatic carbocycles. The van der Waals surface area contributed by atoms with Crippen LogP contribution in [-0.2, 0) is 30.7 Å². The number of carbonyl (C=O) groups is 1. The fourth-order valence-electron chi connectivity index (χ4n) is 5.40. The van der Waals surface area contributed by atoms with E-state index in [1.165, 1.54) is 10.7 Å². The molecule has 2 aromatic heterocycles. The molecule has 3 aromatic rings. The maximum atomic E-state index is 13.1. The number of imidazole rings is 1. The summed E-state index contributed by atoms with van der Waals surface area (Å²) in [6.07, 6.45) is 2.10. The van der Waals surface area contributed by atoms with E-state index in [0.717, 1.165) is 38.1 Å². The molecule has 3 heterocycles. The van der Waals surface area contributed by atoms with E-state index >= 15 is 0 Å². The second-order valence-corrected chi connectivity index (χ2v) is 9.90. The Labute approximate surface area is 206 Å². The van der Waals surface area contributed by atoms with Gasteiger partial charge in [0.05, 0.1) is 23.7 Å². The van der Waals surface area contributed by atoms with E-state index in [0.29, 0.717) is 35.6 Å². The number of fused-ring (bicyclic) bond motifs is 1. The minimum Gasteiger partial charge on any atom is -0.382 e. The number of benzene rings is 1. The Hall–Kier alpha value is -3.12. The summed E-state index contributed by atoms with van der Waals surface area (Å²) >= 11 is 0. The fourth-order valence-corrected chi connectivity index (χ4v) is 5.40. The molecule has 1 amide bonds. The first-order chi connectivity index (χ1) is 17.0. The van der Waals surface area contributed by atoms with Crippen LogP contribution in [-0.4, -0.2) is 67.0 Å². The normalized spacial score (nSPS) is 23.6. The van der Waals surface area contributed by atoms with Gasteiger partial charge in [0, 0.05) is 51.0 Å². The second-order valence-electron chi connectivity index (χ2n) is 9.90. The van der Waals surface area contributed by atoms with Gasteiger partial charge in [0.15, 0.2) is 5.82 Å². The van der Waals surface area contributed by atoms with Crippen LogP contribution in [0.5, 0.6) is 0 Å². The number of carbonyl (C=O) groups excluding carboxylic acids is 1. The number of aromatic nitrogens is 4. The van der Waals surface area contributed by atoms with Crippen LogP contribution in [0, 0.1) is 0 Å². The van der Waals surface area contributed by atoms with Crippen molar-refractivity contribution in [3.05, 3.63) is 42.0 Å². The monoisotopic (exact) mass is 505 g/mol. The molecule has 9 nitrogen and oxygen atoms in total. The van der Waals surface area contributed by atoms with Crippen LogP contribution in [0.1, 0.15) is 37.1 Å². The van der Waals surface area contributed by atoms with Crippen LogP contribution in [0.3, 0.4) is 0 Å². The molecule has 0 unspecified atom stereocenters. The zero-order valence-electron chi connectivity index (χ0n) is 20.2. The quantitative estimate of drug-likeness (QED) is 0.476. The van der Waals surface area contributed by atoms with Crippen molar-refractivity contribution < 1.29 is 23.1 Å². The number of nitrogens with zero attached hydrogens (tertiary/aromatic N) is 5. The van der Waals surface area contributed by atoms with E-state index in [1.54, 1.807) is 13.2 Å². The molecule has 2 aliphatic rings. The summed E-state index contributed by atoms with van der Waals surface area (Å²) in [6.45, 7) is 1.39. The number of likely N-dealkylation sites (tertiary alicyclic amines) is 1. The van der Waals surface area contributed by atoms with Crippen molar-refractivity contribution in [2.24, 2.45) is 14.1 Å². The third-order valence-electron chi connectivity index (χ3n) is 7.41. The van der Waals surface area contributed by atoms with Crippen molar-refractivity contribution in [1.82, 2.24) is 29.5 Å². The van der Waals surface area contributed by atoms with Gasteiger partial charge in [0.1, 0.15) is 11.4 Å². The summed E-state index contributed by atoms with van der Waals surface area (Å²) in [6, 6.07) is 3.83. The van der Waals surface area contributed by atoms with Crippen molar-refractivity contribution in [2.75, 3.05) is 25.0 Å². The smallest absolute Gasteiger partial charge is 0.382 e. The number of hydrogen-bond donors (Lipinski definition) is 3. The lowest BCUT2D eigenvalue weighted by Crippen LogP contribution is -2.63. The number of hydrogen-bond acceptors (Lipinski definition) is 6. The molecule has 1 aromatic carbocycles. The minimum absolute atomic E-state index is 0.0203. The summed E-state index contributed by atoms with van der Waals surface area (Å²) in [5.74, 6) is 0.710. The fraction of sp³-hybridized carbons (Fsp3) is 0.542. The highest BCUT2D eigenvalue weighted by Crippen LogP contribution is 2.38. The summed E-state index contributed by atoms with van der Waals surface area (Å²) in [4.78, 5) is 19.1. The van der Waals surface area contributed by atoms with Crippen molar-refractivity contribution in [1.29, 1.82) is 0 Å². The number of nitrogens with one attached hydrogen (secondary N) is 2. The molecular formula is C24H30F3N7O2. The van der Waals surface area contributed by atoms with Crippen LogP contribution in [0.25, 0.3) is 10.9 Å². The highest BCUT2D eigenvalue weighted by atomic mass is 19.4. The average Bonchev–Trinajstić information content (AvgIpc) is 3.38. The molecule has 1 saturated carbocycles. The van der Waals surface area contributed by atoms with Gasteiger partial charge in [-0.2, -0.15) is 18.3 Å². The molecule has 1 saturated heterocycles. The van der Waals surface area contributed by atoms with Gasteiger partial charge in [-0.05, 0) is 43.9 Å². The van der Waals surface area contributed by atoms with Crippen molar-refractivity contribution in [3.63, 3.8) is 0 Å². The molecule has 0 atom stereocenters. The highest BCUT2D eigenvalue weighted by Gasteiger charge is 2.42. The highest BCUT2D eigenvalue weighted by molar-refractivity contribution is 5.92. The number of anilines is 1. The molecule has 194 valence electrons. The predicted octanol–water partition coefficient (Wildman–Crippen LogP) is 2.37. The Balaban J connectivity index is 1.10. The second kappa shape index (κ2) is 9.07. The van der Waals surface area contributed by atoms with Gasteiger partial charge >= 0.3 is 6.18 Å². The van der Waals surface area contributed by atoms with E-state index in [-0.39, 0.29) is 24.3 Å². The lowest BCUT2D eigenvalue weighted by Gasteiger charge is -2.48. The number of aryl methyl sites for hydroxylation is 2. The van der Waals surface area contributed by atoms with Gasteiger partial charge in [-0.15, -0.1) is 0 Å². The minimum atomic E-state index is -4.45. The van der Waals surface area contributed by atoms with Crippen LogP contribution in [0.2, 0.25) is 0 Å². The van der Waals surface area contributed by atoms with E-state index in [9.17, 15) is 23.1 Å². The Morgan fingerprint density at radius 2 is 1.94 bits per heavy atom.